The highest BCUT2D eigenvalue weighted by Gasteiger charge is 2.24. The molecule has 2 aromatic carbocycles. The minimum absolute atomic E-state index is 0.0945. The highest BCUT2D eigenvalue weighted by atomic mass is 16.4. The Morgan fingerprint density at radius 2 is 1.78 bits per heavy atom. The van der Waals surface area contributed by atoms with Gasteiger partial charge in [0, 0.05) is 0 Å². The third-order valence-corrected chi connectivity index (χ3v) is 3.36. The minimum Gasteiger partial charge on any atom is -0.478 e. The Hall–Kier alpha value is -3.22. The van der Waals surface area contributed by atoms with Crippen molar-refractivity contribution in [3.8, 4) is 0 Å². The predicted molar refractivity (Wildman–Crippen MR) is 82.5 cm³/mol. The number of amides is 1. The minimum atomic E-state index is -1.31. The number of aliphatic carboxylic acids is 1. The fraction of sp³-hybridized carbons (Fsp3) is 0.125. The molecule has 2 N–H and O–H groups in total. The number of para-hydroxylation sites is 1. The van der Waals surface area contributed by atoms with Gasteiger partial charge in [-0.25, -0.2) is 9.48 Å². The number of carbonyl (C=O) groups excluding carboxylic acids is 1. The molecule has 116 valence electrons. The zero-order valence-corrected chi connectivity index (χ0v) is 12.1. The third-order valence-electron chi connectivity index (χ3n) is 3.36. The molecule has 1 heterocycles. The average Bonchev–Trinajstić information content (AvgIpc) is 2.97. The van der Waals surface area contributed by atoms with E-state index in [1.807, 2.05) is 18.2 Å². The van der Waals surface area contributed by atoms with Crippen LogP contribution in [-0.2, 0) is 16.0 Å². The Labute approximate surface area is 131 Å². The van der Waals surface area contributed by atoms with Gasteiger partial charge in [0.2, 0.25) is 12.1 Å². The zero-order valence-electron chi connectivity index (χ0n) is 12.1. The van der Waals surface area contributed by atoms with Gasteiger partial charge in [0.05, 0.1) is 11.9 Å². The molecule has 0 aliphatic rings. The summed E-state index contributed by atoms with van der Waals surface area (Å²) in [6.07, 6.45) is -1.21. The van der Waals surface area contributed by atoms with Crippen molar-refractivity contribution in [1.82, 2.24) is 20.3 Å². The summed E-state index contributed by atoms with van der Waals surface area (Å²) in [7, 11) is 0. The van der Waals surface area contributed by atoms with Gasteiger partial charge in [-0.3, -0.25) is 4.79 Å². The predicted octanol–water partition coefficient (Wildman–Crippen LogP) is 1.37. The molecule has 0 spiro atoms. The maximum absolute atomic E-state index is 12.1. The van der Waals surface area contributed by atoms with E-state index in [-0.39, 0.29) is 6.42 Å². The van der Waals surface area contributed by atoms with Crippen molar-refractivity contribution >= 4 is 22.9 Å². The first-order valence-corrected chi connectivity index (χ1v) is 7.01. The number of carboxylic acid groups (broad SMARTS) is 1. The molecule has 0 saturated carbocycles. The molecular weight excluding hydrogens is 296 g/mol. The van der Waals surface area contributed by atoms with Gasteiger partial charge in [0.25, 0.3) is 0 Å². The van der Waals surface area contributed by atoms with Crippen LogP contribution in [0.25, 0.3) is 11.0 Å². The first kappa shape index (κ1) is 14.7. The number of carboxylic acids is 1. The second kappa shape index (κ2) is 6.27. The molecule has 0 aliphatic heterocycles. The lowest BCUT2D eigenvalue weighted by atomic mass is 10.1. The molecule has 23 heavy (non-hydrogen) atoms. The molecule has 0 saturated heterocycles. The molecule has 1 amide bonds. The van der Waals surface area contributed by atoms with Crippen molar-refractivity contribution in [3.05, 3.63) is 60.2 Å². The highest BCUT2D eigenvalue weighted by Crippen LogP contribution is 2.14. The maximum atomic E-state index is 12.1. The second-order valence-electron chi connectivity index (χ2n) is 4.99. The van der Waals surface area contributed by atoms with Crippen LogP contribution in [-0.4, -0.2) is 32.0 Å². The van der Waals surface area contributed by atoms with E-state index < -0.39 is 18.0 Å². The number of benzene rings is 2. The van der Waals surface area contributed by atoms with Crippen molar-refractivity contribution in [1.29, 1.82) is 0 Å². The first-order chi connectivity index (χ1) is 11.1. The van der Waals surface area contributed by atoms with Crippen molar-refractivity contribution in [2.45, 2.75) is 12.6 Å². The summed E-state index contributed by atoms with van der Waals surface area (Å²) in [5.41, 5.74) is 1.91. The summed E-state index contributed by atoms with van der Waals surface area (Å²) in [6.45, 7) is 0. The Balaban J connectivity index is 1.82. The van der Waals surface area contributed by atoms with E-state index in [1.54, 1.807) is 36.4 Å². The maximum Gasteiger partial charge on any atom is 0.349 e. The molecule has 1 unspecified atom stereocenters. The molecule has 3 rings (SSSR count). The quantitative estimate of drug-likeness (QED) is 0.742. The van der Waals surface area contributed by atoms with Crippen LogP contribution in [0.3, 0.4) is 0 Å². The molecule has 7 nitrogen and oxygen atoms in total. The van der Waals surface area contributed by atoms with E-state index in [4.69, 9.17) is 0 Å². The summed E-state index contributed by atoms with van der Waals surface area (Å²) in [5, 5.41) is 19.7. The fourth-order valence-electron chi connectivity index (χ4n) is 2.29. The average molecular weight is 310 g/mol. The van der Waals surface area contributed by atoms with Crippen molar-refractivity contribution in [2.24, 2.45) is 0 Å². The highest BCUT2D eigenvalue weighted by molar-refractivity contribution is 5.85. The van der Waals surface area contributed by atoms with Crippen LogP contribution in [0.1, 0.15) is 11.7 Å². The number of aromatic nitrogens is 3. The number of nitrogens with zero attached hydrogens (tertiary/aromatic N) is 3. The van der Waals surface area contributed by atoms with Gasteiger partial charge >= 0.3 is 5.97 Å². The lowest BCUT2D eigenvalue weighted by Gasteiger charge is -2.15. The summed E-state index contributed by atoms with van der Waals surface area (Å²) < 4.78 is 1.19. The van der Waals surface area contributed by atoms with Crippen LogP contribution in [0.15, 0.2) is 54.6 Å². The third kappa shape index (κ3) is 3.18. The number of rotatable bonds is 5. The second-order valence-corrected chi connectivity index (χ2v) is 4.99. The van der Waals surface area contributed by atoms with Crippen LogP contribution in [0.5, 0.6) is 0 Å². The molecule has 1 atom stereocenters. The van der Waals surface area contributed by atoms with Crippen molar-refractivity contribution < 1.29 is 14.7 Å². The fourth-order valence-corrected chi connectivity index (χ4v) is 2.29. The van der Waals surface area contributed by atoms with Crippen LogP contribution < -0.4 is 5.32 Å². The van der Waals surface area contributed by atoms with E-state index in [9.17, 15) is 14.7 Å². The number of fused-ring (bicyclic) bond motifs is 1. The smallest absolute Gasteiger partial charge is 0.349 e. The molecule has 3 aromatic rings. The lowest BCUT2D eigenvalue weighted by molar-refractivity contribution is -0.144. The Bertz CT molecular complexity index is 845. The molecule has 1 aromatic heterocycles. The number of nitrogens with one attached hydrogen (secondary N) is 1. The van der Waals surface area contributed by atoms with Gasteiger partial charge < -0.3 is 10.4 Å². The molecule has 0 aliphatic carbocycles. The number of hydrogen-bond acceptors (Lipinski definition) is 4. The van der Waals surface area contributed by atoms with Gasteiger partial charge in [-0.05, 0) is 17.7 Å². The molecule has 0 radical (unpaired) electrons. The lowest BCUT2D eigenvalue weighted by Crippen LogP contribution is -2.39. The van der Waals surface area contributed by atoms with E-state index in [0.29, 0.717) is 11.0 Å². The molecule has 0 bridgehead atoms. The Morgan fingerprint density at radius 3 is 2.52 bits per heavy atom. The molecule has 0 fully saturated rings. The van der Waals surface area contributed by atoms with Crippen molar-refractivity contribution in [3.63, 3.8) is 0 Å². The largest absolute Gasteiger partial charge is 0.478 e. The van der Waals surface area contributed by atoms with Gasteiger partial charge in [-0.15, -0.1) is 5.10 Å². The number of carbonyl (C=O) groups is 2. The Kier molecular flexibility index (Phi) is 4.01. The summed E-state index contributed by atoms with van der Waals surface area (Å²) in [5.74, 6) is -1.61. The normalized spacial score (nSPS) is 12.0. The van der Waals surface area contributed by atoms with E-state index in [0.717, 1.165) is 5.56 Å². The molecular formula is C16H14N4O3. The summed E-state index contributed by atoms with van der Waals surface area (Å²) >= 11 is 0. The van der Waals surface area contributed by atoms with Gasteiger partial charge in [-0.1, -0.05) is 47.7 Å². The van der Waals surface area contributed by atoms with Crippen LogP contribution >= 0.6 is 0 Å². The van der Waals surface area contributed by atoms with Gasteiger partial charge in [0.15, 0.2) is 0 Å². The van der Waals surface area contributed by atoms with Crippen molar-refractivity contribution in [2.75, 3.05) is 0 Å². The van der Waals surface area contributed by atoms with Crippen LogP contribution in [0.4, 0.5) is 0 Å². The van der Waals surface area contributed by atoms with E-state index >= 15 is 0 Å². The SMILES string of the molecule is O=C(Cc1ccccc1)NC(C(=O)O)n1nnc2ccccc21. The van der Waals surface area contributed by atoms with Gasteiger partial charge in [-0.2, -0.15) is 0 Å². The number of hydrogen-bond donors (Lipinski definition) is 2. The zero-order chi connectivity index (χ0) is 16.2. The van der Waals surface area contributed by atoms with E-state index in [2.05, 4.69) is 15.6 Å². The first-order valence-electron chi connectivity index (χ1n) is 7.01. The molecule has 7 heteroatoms. The topological polar surface area (TPSA) is 97.1 Å². The van der Waals surface area contributed by atoms with E-state index in [1.165, 1.54) is 4.68 Å². The summed E-state index contributed by atoms with van der Waals surface area (Å²) in [4.78, 5) is 23.6. The van der Waals surface area contributed by atoms with Gasteiger partial charge in [0.1, 0.15) is 5.52 Å². The summed E-state index contributed by atoms with van der Waals surface area (Å²) in [6, 6.07) is 16.1. The standard InChI is InChI=1S/C16H14N4O3/c21-14(10-11-6-2-1-3-7-11)17-15(16(22)23)20-13-9-5-4-8-12(13)18-19-20/h1-9,15H,10H2,(H,17,21)(H,22,23). The monoisotopic (exact) mass is 310 g/mol. The van der Waals surface area contributed by atoms with Crippen LogP contribution in [0.2, 0.25) is 0 Å². The Morgan fingerprint density at radius 1 is 1.09 bits per heavy atom. The van der Waals surface area contributed by atoms with Crippen LogP contribution in [0, 0.1) is 0 Å².